The summed E-state index contributed by atoms with van der Waals surface area (Å²) in [6.07, 6.45) is 6.41. The zero-order chi connectivity index (χ0) is 13.8. The average molecular weight is 262 g/mol. The minimum atomic E-state index is -0.853. The molecule has 4 nitrogen and oxygen atoms in total. The van der Waals surface area contributed by atoms with E-state index in [-0.39, 0.29) is 17.4 Å². The van der Waals surface area contributed by atoms with E-state index in [1.807, 2.05) is 12.2 Å². The summed E-state index contributed by atoms with van der Waals surface area (Å²) in [5.41, 5.74) is 5.22. The molecule has 0 bridgehead atoms. The first-order valence-electron chi connectivity index (χ1n) is 6.13. The molecule has 0 spiro atoms. The number of benzene rings is 1. The van der Waals surface area contributed by atoms with Crippen LogP contribution in [0, 0.1) is 11.7 Å². The van der Waals surface area contributed by atoms with Gasteiger partial charge in [-0.2, -0.15) is 0 Å². The maximum absolute atomic E-state index is 13.3. The number of hydrogen-bond acceptors (Lipinski definition) is 2. The highest BCUT2D eigenvalue weighted by Crippen LogP contribution is 2.21. The molecule has 1 aliphatic carbocycles. The van der Waals surface area contributed by atoms with Gasteiger partial charge in [0.1, 0.15) is 5.82 Å². The number of anilines is 1. The molecule has 2 rings (SSSR count). The minimum absolute atomic E-state index is 0.0768. The van der Waals surface area contributed by atoms with Crippen molar-refractivity contribution in [2.24, 2.45) is 11.7 Å². The third-order valence-corrected chi connectivity index (χ3v) is 3.14. The molecule has 0 aromatic heterocycles. The van der Waals surface area contributed by atoms with Gasteiger partial charge < -0.3 is 11.1 Å². The van der Waals surface area contributed by atoms with Gasteiger partial charge in [-0.3, -0.25) is 9.59 Å². The van der Waals surface area contributed by atoms with Crippen LogP contribution in [0.5, 0.6) is 0 Å². The predicted octanol–water partition coefficient (Wildman–Crippen LogP) is 2.22. The van der Waals surface area contributed by atoms with E-state index < -0.39 is 11.7 Å². The van der Waals surface area contributed by atoms with Crippen molar-refractivity contribution in [1.82, 2.24) is 0 Å². The first-order chi connectivity index (χ1) is 9.08. The molecule has 1 atom stereocenters. The smallest absolute Gasteiger partial charge is 0.251 e. The topological polar surface area (TPSA) is 72.2 Å². The van der Waals surface area contributed by atoms with Gasteiger partial charge in [-0.15, -0.1) is 0 Å². The minimum Gasteiger partial charge on any atom is -0.366 e. The summed E-state index contributed by atoms with van der Waals surface area (Å²) >= 11 is 0. The lowest BCUT2D eigenvalue weighted by molar-refractivity contribution is -0.120. The third-order valence-electron chi connectivity index (χ3n) is 3.14. The van der Waals surface area contributed by atoms with Gasteiger partial charge >= 0.3 is 0 Å². The summed E-state index contributed by atoms with van der Waals surface area (Å²) in [5.74, 6) is -1.74. The van der Waals surface area contributed by atoms with Gasteiger partial charge in [0.15, 0.2) is 0 Å². The van der Waals surface area contributed by atoms with E-state index in [1.54, 1.807) is 0 Å². The highest BCUT2D eigenvalue weighted by Gasteiger charge is 2.19. The normalized spacial score (nSPS) is 18.1. The van der Waals surface area contributed by atoms with Crippen molar-refractivity contribution in [3.63, 3.8) is 0 Å². The van der Waals surface area contributed by atoms with Crippen molar-refractivity contribution >= 4 is 17.5 Å². The predicted molar refractivity (Wildman–Crippen MR) is 70.0 cm³/mol. The van der Waals surface area contributed by atoms with Crippen LogP contribution in [0.1, 0.15) is 29.6 Å². The molecule has 1 aromatic carbocycles. The van der Waals surface area contributed by atoms with Crippen LogP contribution in [0.15, 0.2) is 30.4 Å². The molecule has 100 valence electrons. The summed E-state index contributed by atoms with van der Waals surface area (Å²) in [5, 5.41) is 2.69. The molecule has 0 aliphatic heterocycles. The molecule has 1 aliphatic rings. The van der Waals surface area contributed by atoms with E-state index in [4.69, 9.17) is 5.73 Å². The van der Waals surface area contributed by atoms with Crippen molar-refractivity contribution in [3.05, 3.63) is 41.7 Å². The first-order valence-corrected chi connectivity index (χ1v) is 6.13. The van der Waals surface area contributed by atoms with Crippen molar-refractivity contribution in [3.8, 4) is 0 Å². The molecule has 0 radical (unpaired) electrons. The molecule has 19 heavy (non-hydrogen) atoms. The zero-order valence-corrected chi connectivity index (χ0v) is 10.4. The summed E-state index contributed by atoms with van der Waals surface area (Å²) in [6.45, 7) is 0. The highest BCUT2D eigenvalue weighted by molar-refractivity contribution is 5.97. The Bertz CT molecular complexity index is 540. The number of nitrogens with one attached hydrogen (secondary N) is 1. The number of rotatable bonds is 3. The standard InChI is InChI=1S/C14H15FN2O2/c15-12-7-6-10(8-11(12)13(16)18)17-14(19)9-4-2-1-3-5-9/h1-2,6-9H,3-5H2,(H2,16,18)(H,17,19). The Morgan fingerprint density at radius 2 is 2.11 bits per heavy atom. The third kappa shape index (κ3) is 3.19. The maximum Gasteiger partial charge on any atom is 0.251 e. The second-order valence-corrected chi connectivity index (χ2v) is 4.53. The van der Waals surface area contributed by atoms with Crippen LogP contribution in [0.25, 0.3) is 0 Å². The lowest BCUT2D eigenvalue weighted by Gasteiger charge is -2.17. The van der Waals surface area contributed by atoms with Crippen LogP contribution in [-0.2, 0) is 4.79 Å². The van der Waals surface area contributed by atoms with Crippen molar-refractivity contribution < 1.29 is 14.0 Å². The van der Waals surface area contributed by atoms with Crippen molar-refractivity contribution in [2.45, 2.75) is 19.3 Å². The number of carbonyl (C=O) groups excluding carboxylic acids is 2. The molecule has 2 amide bonds. The fourth-order valence-electron chi connectivity index (χ4n) is 2.07. The van der Waals surface area contributed by atoms with Gasteiger partial charge in [-0.1, -0.05) is 12.2 Å². The van der Waals surface area contributed by atoms with E-state index in [9.17, 15) is 14.0 Å². The van der Waals surface area contributed by atoms with Crippen LogP contribution in [0.4, 0.5) is 10.1 Å². The van der Waals surface area contributed by atoms with Crippen LogP contribution in [0.3, 0.4) is 0 Å². The zero-order valence-electron chi connectivity index (χ0n) is 10.4. The Morgan fingerprint density at radius 3 is 2.74 bits per heavy atom. The SMILES string of the molecule is NC(=O)c1cc(NC(=O)C2CC=CCC2)ccc1F. The summed E-state index contributed by atoms with van der Waals surface area (Å²) in [7, 11) is 0. The van der Waals surface area contributed by atoms with Crippen molar-refractivity contribution in [1.29, 1.82) is 0 Å². The van der Waals surface area contributed by atoms with Crippen molar-refractivity contribution in [2.75, 3.05) is 5.32 Å². The molecule has 0 saturated heterocycles. The number of allylic oxidation sites excluding steroid dienone is 2. The second kappa shape index (κ2) is 5.65. The summed E-state index contributed by atoms with van der Waals surface area (Å²) < 4.78 is 13.3. The Balaban J connectivity index is 2.10. The number of nitrogens with two attached hydrogens (primary N) is 1. The van der Waals surface area contributed by atoms with E-state index in [0.29, 0.717) is 12.1 Å². The molecule has 0 saturated carbocycles. The van der Waals surface area contributed by atoms with Gasteiger partial charge in [0.25, 0.3) is 5.91 Å². The van der Waals surface area contributed by atoms with Gasteiger partial charge in [0.2, 0.25) is 5.91 Å². The lowest BCUT2D eigenvalue weighted by Crippen LogP contribution is -2.24. The molecule has 5 heteroatoms. The maximum atomic E-state index is 13.3. The number of amides is 2. The number of carbonyl (C=O) groups is 2. The largest absolute Gasteiger partial charge is 0.366 e. The summed E-state index contributed by atoms with van der Waals surface area (Å²) in [6, 6.07) is 3.79. The van der Waals surface area contributed by atoms with Crippen LogP contribution >= 0.6 is 0 Å². The van der Waals surface area contributed by atoms with Gasteiger partial charge in [-0.25, -0.2) is 4.39 Å². The van der Waals surface area contributed by atoms with Crippen LogP contribution < -0.4 is 11.1 Å². The van der Waals surface area contributed by atoms with E-state index in [1.165, 1.54) is 12.1 Å². The summed E-state index contributed by atoms with van der Waals surface area (Å²) in [4.78, 5) is 23.0. The molecule has 1 aromatic rings. The van der Waals surface area contributed by atoms with Gasteiger partial charge in [0.05, 0.1) is 5.56 Å². The number of halogens is 1. The van der Waals surface area contributed by atoms with Gasteiger partial charge in [0, 0.05) is 11.6 Å². The molecule has 1 unspecified atom stereocenters. The number of primary amides is 1. The molecule has 0 fully saturated rings. The second-order valence-electron chi connectivity index (χ2n) is 4.53. The quantitative estimate of drug-likeness (QED) is 0.820. The Hall–Kier alpha value is -2.17. The lowest BCUT2D eigenvalue weighted by atomic mass is 9.93. The molecular formula is C14H15FN2O2. The molecule has 3 N–H and O–H groups in total. The monoisotopic (exact) mass is 262 g/mol. The van der Waals surface area contributed by atoms with E-state index in [0.717, 1.165) is 18.9 Å². The fraction of sp³-hybridized carbons (Fsp3) is 0.286. The highest BCUT2D eigenvalue weighted by atomic mass is 19.1. The van der Waals surface area contributed by atoms with Crippen LogP contribution in [-0.4, -0.2) is 11.8 Å². The molecular weight excluding hydrogens is 247 g/mol. The van der Waals surface area contributed by atoms with Crippen LogP contribution in [0.2, 0.25) is 0 Å². The molecule has 0 heterocycles. The average Bonchev–Trinajstić information content (AvgIpc) is 2.41. The Labute approximate surface area is 110 Å². The number of hydrogen-bond donors (Lipinski definition) is 2. The van der Waals surface area contributed by atoms with E-state index >= 15 is 0 Å². The Kier molecular flexibility index (Phi) is 3.94. The fourth-order valence-corrected chi connectivity index (χ4v) is 2.07. The first kappa shape index (κ1) is 13.3. The van der Waals surface area contributed by atoms with E-state index in [2.05, 4.69) is 5.32 Å². The Morgan fingerprint density at radius 1 is 1.32 bits per heavy atom. The van der Waals surface area contributed by atoms with Gasteiger partial charge in [-0.05, 0) is 37.5 Å².